The van der Waals surface area contributed by atoms with E-state index in [1.807, 2.05) is 0 Å². The molecule has 0 saturated heterocycles. The van der Waals surface area contributed by atoms with Crippen LogP contribution in [-0.2, 0) is 6.18 Å². The number of nitrogens with one attached hydrogen (secondary N) is 1. The highest BCUT2D eigenvalue weighted by Gasteiger charge is 2.35. The molecule has 0 fully saturated rings. The number of nitrogens with zero attached hydrogens (tertiary/aromatic N) is 2. The Bertz CT molecular complexity index is 608. The summed E-state index contributed by atoms with van der Waals surface area (Å²) >= 11 is 11.8. The second-order valence-corrected chi connectivity index (χ2v) is 4.43. The van der Waals surface area contributed by atoms with Crippen LogP contribution in [0.2, 0.25) is 10.0 Å². The van der Waals surface area contributed by atoms with Crippen LogP contribution in [0.25, 0.3) is 5.69 Å². The molecule has 2 rings (SSSR count). The Morgan fingerprint density at radius 1 is 1.26 bits per heavy atom. The van der Waals surface area contributed by atoms with Crippen LogP contribution in [-0.4, -0.2) is 16.8 Å². The largest absolute Gasteiger partial charge is 0.435 e. The fraction of sp³-hybridized carbons (Fsp3) is 0.182. The summed E-state index contributed by atoms with van der Waals surface area (Å²) in [4.78, 5) is 0. The SMILES string of the molecule is CNc1cc(C(F)(F)F)nn1-c1cccc(Cl)c1Cl. The molecule has 8 heteroatoms. The molecule has 0 atom stereocenters. The maximum Gasteiger partial charge on any atom is 0.435 e. The summed E-state index contributed by atoms with van der Waals surface area (Å²) in [6, 6.07) is 5.55. The predicted molar refractivity (Wildman–Crippen MR) is 68.1 cm³/mol. The number of anilines is 1. The van der Waals surface area contributed by atoms with Gasteiger partial charge in [-0.3, -0.25) is 0 Å². The molecule has 19 heavy (non-hydrogen) atoms. The van der Waals surface area contributed by atoms with Crippen LogP contribution in [0.3, 0.4) is 0 Å². The van der Waals surface area contributed by atoms with Crippen LogP contribution in [0.15, 0.2) is 24.3 Å². The molecule has 0 aliphatic carbocycles. The zero-order valence-corrected chi connectivity index (χ0v) is 11.1. The van der Waals surface area contributed by atoms with Gasteiger partial charge in [0.1, 0.15) is 5.82 Å². The second-order valence-electron chi connectivity index (χ2n) is 3.65. The third-order valence-corrected chi connectivity index (χ3v) is 3.22. The zero-order chi connectivity index (χ0) is 14.2. The Morgan fingerprint density at radius 2 is 1.95 bits per heavy atom. The third kappa shape index (κ3) is 2.64. The van der Waals surface area contributed by atoms with Crippen molar-refractivity contribution in [2.24, 2.45) is 0 Å². The van der Waals surface area contributed by atoms with E-state index < -0.39 is 11.9 Å². The molecule has 3 nitrogen and oxygen atoms in total. The number of alkyl halides is 3. The summed E-state index contributed by atoms with van der Waals surface area (Å²) in [6.07, 6.45) is -4.53. The van der Waals surface area contributed by atoms with Crippen LogP contribution in [0.5, 0.6) is 0 Å². The maximum atomic E-state index is 12.7. The lowest BCUT2D eigenvalue weighted by molar-refractivity contribution is -0.141. The Hall–Kier alpha value is -1.40. The van der Waals surface area contributed by atoms with Gasteiger partial charge in [0.05, 0.1) is 15.7 Å². The summed E-state index contributed by atoms with van der Waals surface area (Å²) in [7, 11) is 1.49. The lowest BCUT2D eigenvalue weighted by Crippen LogP contribution is -2.08. The average Bonchev–Trinajstić information content (AvgIpc) is 2.76. The van der Waals surface area contributed by atoms with E-state index in [2.05, 4.69) is 10.4 Å². The Morgan fingerprint density at radius 3 is 2.53 bits per heavy atom. The first-order chi connectivity index (χ1) is 8.84. The minimum absolute atomic E-state index is 0.137. The third-order valence-electron chi connectivity index (χ3n) is 2.42. The number of benzene rings is 1. The van der Waals surface area contributed by atoms with Gasteiger partial charge < -0.3 is 5.32 Å². The molecule has 0 aliphatic heterocycles. The molecule has 102 valence electrons. The smallest absolute Gasteiger partial charge is 0.373 e. The normalized spacial score (nSPS) is 11.7. The molecule has 1 N–H and O–H groups in total. The number of rotatable bonds is 2. The van der Waals surface area contributed by atoms with Gasteiger partial charge >= 0.3 is 6.18 Å². The van der Waals surface area contributed by atoms with Crippen molar-refractivity contribution in [1.82, 2.24) is 9.78 Å². The highest BCUT2D eigenvalue weighted by molar-refractivity contribution is 6.43. The van der Waals surface area contributed by atoms with Crippen LogP contribution >= 0.6 is 23.2 Å². The van der Waals surface area contributed by atoms with E-state index in [4.69, 9.17) is 23.2 Å². The molecule has 0 radical (unpaired) electrons. The molecule has 0 bridgehead atoms. The van der Waals surface area contributed by atoms with Gasteiger partial charge in [-0.05, 0) is 12.1 Å². The number of hydrogen-bond donors (Lipinski definition) is 1. The Kier molecular flexibility index (Phi) is 3.64. The molecule has 0 unspecified atom stereocenters. The highest BCUT2D eigenvalue weighted by Crippen LogP contribution is 2.34. The fourth-order valence-electron chi connectivity index (χ4n) is 1.54. The molecule has 0 saturated carbocycles. The average molecular weight is 310 g/mol. The second kappa shape index (κ2) is 4.94. The minimum atomic E-state index is -4.53. The summed E-state index contributed by atoms with van der Waals surface area (Å²) in [5.41, 5.74) is -0.734. The van der Waals surface area contributed by atoms with Crippen LogP contribution < -0.4 is 5.32 Å². The number of aromatic nitrogens is 2. The molecular weight excluding hydrogens is 302 g/mol. The van der Waals surface area contributed by atoms with Gasteiger partial charge in [-0.25, -0.2) is 4.68 Å². The van der Waals surface area contributed by atoms with Gasteiger partial charge in [-0.2, -0.15) is 18.3 Å². The van der Waals surface area contributed by atoms with Crippen molar-refractivity contribution < 1.29 is 13.2 Å². The van der Waals surface area contributed by atoms with E-state index >= 15 is 0 Å². The molecule has 0 aliphatic rings. The van der Waals surface area contributed by atoms with E-state index in [0.717, 1.165) is 10.7 Å². The molecule has 1 heterocycles. The van der Waals surface area contributed by atoms with Gasteiger partial charge in [-0.1, -0.05) is 29.3 Å². The molecule has 0 spiro atoms. The lowest BCUT2D eigenvalue weighted by Gasteiger charge is -2.09. The molecule has 2 aromatic rings. The zero-order valence-electron chi connectivity index (χ0n) is 9.59. The fourth-order valence-corrected chi connectivity index (χ4v) is 1.91. The van der Waals surface area contributed by atoms with Crippen LogP contribution in [0.1, 0.15) is 5.69 Å². The van der Waals surface area contributed by atoms with Gasteiger partial charge in [0.25, 0.3) is 0 Å². The van der Waals surface area contributed by atoms with E-state index in [1.165, 1.54) is 13.1 Å². The first kappa shape index (κ1) is 14.0. The lowest BCUT2D eigenvalue weighted by atomic mass is 10.3. The predicted octanol–water partition coefficient (Wildman–Crippen LogP) is 4.24. The van der Waals surface area contributed by atoms with Crippen molar-refractivity contribution in [2.45, 2.75) is 6.18 Å². The van der Waals surface area contributed by atoms with E-state index in [1.54, 1.807) is 12.1 Å². The molecule has 1 aromatic carbocycles. The molecule has 0 amide bonds. The van der Waals surface area contributed by atoms with E-state index in [0.29, 0.717) is 0 Å². The summed E-state index contributed by atoms with van der Waals surface area (Å²) < 4.78 is 39.0. The molecular formula is C11H8Cl2F3N3. The number of hydrogen-bond acceptors (Lipinski definition) is 2. The van der Waals surface area contributed by atoms with Gasteiger partial charge in [-0.15, -0.1) is 0 Å². The number of halogens is 5. The van der Waals surface area contributed by atoms with E-state index in [-0.39, 0.29) is 21.6 Å². The standard InChI is InChI=1S/C11H8Cl2F3N3/c1-17-9-5-8(11(14,15)16)18-19(9)7-4-2-3-6(12)10(7)13/h2-5,17H,1H3. The Labute approximate surface area is 116 Å². The Balaban J connectivity index is 2.62. The quantitative estimate of drug-likeness (QED) is 0.899. The van der Waals surface area contributed by atoms with Crippen molar-refractivity contribution in [1.29, 1.82) is 0 Å². The maximum absolute atomic E-state index is 12.7. The van der Waals surface area contributed by atoms with Gasteiger partial charge in [0.15, 0.2) is 5.69 Å². The topological polar surface area (TPSA) is 29.9 Å². The van der Waals surface area contributed by atoms with E-state index in [9.17, 15) is 13.2 Å². The first-order valence-electron chi connectivity index (χ1n) is 5.14. The summed E-state index contributed by atoms with van der Waals surface area (Å²) in [5, 5.41) is 6.52. The minimum Gasteiger partial charge on any atom is -0.373 e. The van der Waals surface area contributed by atoms with Crippen molar-refractivity contribution in [3.8, 4) is 5.69 Å². The van der Waals surface area contributed by atoms with Crippen molar-refractivity contribution >= 4 is 29.0 Å². The van der Waals surface area contributed by atoms with Gasteiger partial charge in [0, 0.05) is 13.1 Å². The van der Waals surface area contributed by atoms with Crippen molar-refractivity contribution in [3.63, 3.8) is 0 Å². The van der Waals surface area contributed by atoms with Crippen LogP contribution in [0.4, 0.5) is 19.0 Å². The van der Waals surface area contributed by atoms with Crippen molar-refractivity contribution in [2.75, 3.05) is 12.4 Å². The summed E-state index contributed by atoms with van der Waals surface area (Å²) in [6.45, 7) is 0. The van der Waals surface area contributed by atoms with Crippen LogP contribution in [0, 0.1) is 0 Å². The molecule has 1 aromatic heterocycles. The van der Waals surface area contributed by atoms with Crippen molar-refractivity contribution in [3.05, 3.63) is 40.0 Å². The highest BCUT2D eigenvalue weighted by atomic mass is 35.5. The summed E-state index contributed by atoms with van der Waals surface area (Å²) in [5.74, 6) is 0.163. The monoisotopic (exact) mass is 309 g/mol. The van der Waals surface area contributed by atoms with Gasteiger partial charge in [0.2, 0.25) is 0 Å². The first-order valence-corrected chi connectivity index (χ1v) is 5.89.